The molecule has 1 aliphatic rings. The highest BCUT2D eigenvalue weighted by Crippen LogP contribution is 2.43. The lowest BCUT2D eigenvalue weighted by Crippen LogP contribution is -1.87. The third-order valence-electron chi connectivity index (χ3n) is 3.13. The van der Waals surface area contributed by atoms with E-state index >= 15 is 0 Å². The largest absolute Gasteiger partial charge is 0.206 e. The molecule has 0 radical (unpaired) electrons. The van der Waals surface area contributed by atoms with Crippen LogP contribution in [0.3, 0.4) is 0 Å². The molecule has 104 valence electrons. The van der Waals surface area contributed by atoms with E-state index in [0.717, 1.165) is 17.0 Å². The molecule has 1 aliphatic carbocycles. The van der Waals surface area contributed by atoms with E-state index in [1.54, 1.807) is 11.3 Å². The topological polar surface area (TPSA) is 12.4 Å². The van der Waals surface area contributed by atoms with Gasteiger partial charge >= 0.3 is 0 Å². The van der Waals surface area contributed by atoms with Gasteiger partial charge in [-0.15, -0.1) is 11.3 Å². The Balaban J connectivity index is 1.88. The third kappa shape index (κ3) is 3.25. The van der Waals surface area contributed by atoms with E-state index in [1.165, 1.54) is 17.7 Å². The van der Waals surface area contributed by atoms with E-state index in [9.17, 15) is 8.78 Å². The van der Waals surface area contributed by atoms with Gasteiger partial charge in [0.2, 0.25) is 0 Å². The van der Waals surface area contributed by atoms with Crippen LogP contribution in [0.5, 0.6) is 0 Å². The maximum absolute atomic E-state index is 13.8. The van der Waals surface area contributed by atoms with Crippen molar-refractivity contribution in [1.82, 2.24) is 0 Å². The zero-order valence-electron chi connectivity index (χ0n) is 10.8. The number of halogens is 2. The van der Waals surface area contributed by atoms with Crippen molar-refractivity contribution in [3.8, 4) is 11.8 Å². The summed E-state index contributed by atoms with van der Waals surface area (Å²) in [5, 5.41) is 2.02. The van der Waals surface area contributed by atoms with Gasteiger partial charge in [0, 0.05) is 10.9 Å². The molecule has 0 atom stereocenters. The first-order valence-corrected chi connectivity index (χ1v) is 7.58. The minimum atomic E-state index is -0.664. The Kier molecular flexibility index (Phi) is 3.94. The van der Waals surface area contributed by atoms with Gasteiger partial charge in [-0.05, 0) is 49.2 Å². The molecule has 2 aromatic rings. The zero-order chi connectivity index (χ0) is 14.8. The van der Waals surface area contributed by atoms with Gasteiger partial charge in [0.25, 0.3) is 0 Å². The fraction of sp³-hybridized carbons (Fsp3) is 0.188. The maximum Gasteiger partial charge on any atom is 0.151 e. The van der Waals surface area contributed by atoms with Crippen LogP contribution >= 0.6 is 23.6 Å². The van der Waals surface area contributed by atoms with Crippen molar-refractivity contribution in [3.05, 3.63) is 51.2 Å². The number of isothiocyanates is 1. The summed E-state index contributed by atoms with van der Waals surface area (Å²) in [5.74, 6) is 4.94. The molecule has 1 aromatic carbocycles. The van der Waals surface area contributed by atoms with Crippen LogP contribution in [0.25, 0.3) is 0 Å². The molecule has 0 unspecified atom stereocenters. The van der Waals surface area contributed by atoms with Crippen LogP contribution in [0.15, 0.2) is 29.3 Å². The summed E-state index contributed by atoms with van der Waals surface area (Å²) < 4.78 is 27.5. The molecule has 1 heterocycles. The van der Waals surface area contributed by atoms with Crippen molar-refractivity contribution >= 4 is 34.4 Å². The molecule has 0 spiro atoms. The highest BCUT2D eigenvalue weighted by Gasteiger charge is 2.24. The van der Waals surface area contributed by atoms with Crippen LogP contribution in [-0.2, 0) is 0 Å². The van der Waals surface area contributed by atoms with E-state index in [-0.39, 0.29) is 11.3 Å². The van der Waals surface area contributed by atoms with Crippen LogP contribution < -0.4 is 0 Å². The van der Waals surface area contributed by atoms with Crippen molar-refractivity contribution in [2.75, 3.05) is 0 Å². The molecule has 5 heteroatoms. The predicted molar refractivity (Wildman–Crippen MR) is 83.3 cm³/mol. The Bertz CT molecular complexity index is 803. The molecule has 21 heavy (non-hydrogen) atoms. The van der Waals surface area contributed by atoms with Crippen LogP contribution in [-0.4, -0.2) is 5.16 Å². The summed E-state index contributed by atoms with van der Waals surface area (Å²) >= 11 is 5.99. The minimum Gasteiger partial charge on any atom is -0.206 e. The van der Waals surface area contributed by atoms with Crippen molar-refractivity contribution in [3.63, 3.8) is 0 Å². The van der Waals surface area contributed by atoms with Crippen LogP contribution in [0.2, 0.25) is 0 Å². The maximum atomic E-state index is 13.8. The van der Waals surface area contributed by atoms with Crippen molar-refractivity contribution in [2.45, 2.75) is 18.8 Å². The summed E-state index contributed by atoms with van der Waals surface area (Å²) in [6, 6.07) is 5.98. The summed E-state index contributed by atoms with van der Waals surface area (Å²) in [6.07, 6.45) is 2.46. The number of hydrogen-bond acceptors (Lipinski definition) is 3. The first-order chi connectivity index (χ1) is 10.2. The number of thiocarbonyl (C=S) groups is 1. The van der Waals surface area contributed by atoms with Gasteiger partial charge in [-0.1, -0.05) is 11.8 Å². The van der Waals surface area contributed by atoms with Crippen LogP contribution in [0.4, 0.5) is 14.5 Å². The second-order valence-corrected chi connectivity index (χ2v) is 6.01. The quantitative estimate of drug-likeness (QED) is 0.429. The Morgan fingerprint density at radius 1 is 1.14 bits per heavy atom. The third-order valence-corrected chi connectivity index (χ3v) is 4.38. The second-order valence-electron chi connectivity index (χ2n) is 4.71. The van der Waals surface area contributed by atoms with E-state index < -0.39 is 11.6 Å². The Hall–Kier alpha value is -1.86. The fourth-order valence-corrected chi connectivity index (χ4v) is 3.03. The zero-order valence-corrected chi connectivity index (χ0v) is 12.5. The van der Waals surface area contributed by atoms with Crippen LogP contribution in [0, 0.1) is 23.5 Å². The van der Waals surface area contributed by atoms with Gasteiger partial charge in [0.15, 0.2) is 5.82 Å². The molecule has 1 nitrogen and oxygen atoms in total. The van der Waals surface area contributed by atoms with Crippen molar-refractivity contribution in [2.24, 2.45) is 4.99 Å². The summed E-state index contributed by atoms with van der Waals surface area (Å²) in [6.45, 7) is 0. The molecule has 1 aromatic heterocycles. The van der Waals surface area contributed by atoms with Gasteiger partial charge < -0.3 is 0 Å². The molecular weight excluding hydrogens is 308 g/mol. The summed E-state index contributed by atoms with van der Waals surface area (Å²) in [5.41, 5.74) is -0.155. The van der Waals surface area contributed by atoms with Gasteiger partial charge in [-0.2, -0.15) is 4.99 Å². The van der Waals surface area contributed by atoms with Gasteiger partial charge in [-0.3, -0.25) is 0 Å². The second kappa shape index (κ2) is 5.87. The molecule has 3 rings (SSSR count). The lowest BCUT2D eigenvalue weighted by molar-refractivity contribution is 0.599. The lowest BCUT2D eigenvalue weighted by Gasteiger charge is -1.98. The smallest absolute Gasteiger partial charge is 0.151 e. The average Bonchev–Trinajstić information content (AvgIpc) is 3.21. The number of rotatable bonds is 2. The van der Waals surface area contributed by atoms with E-state index in [1.807, 2.05) is 11.2 Å². The first-order valence-electron chi connectivity index (χ1n) is 6.36. The standard InChI is InChI=1S/C16H9F2NS2/c17-13-8-15(19-9-20)14(18)7-11(13)3-4-12-5-6-16(21-12)10-1-2-10/h5-8,10H,1-2H2. The predicted octanol–water partition coefficient (Wildman–Crippen LogP) is 5.04. The molecule has 1 fully saturated rings. The molecule has 0 aliphatic heterocycles. The first kappa shape index (κ1) is 14.1. The van der Waals surface area contributed by atoms with Crippen molar-refractivity contribution < 1.29 is 8.78 Å². The average molecular weight is 317 g/mol. The SMILES string of the molecule is Fc1cc(N=C=S)c(F)cc1C#Cc1ccc(C2CC2)s1. The highest BCUT2D eigenvalue weighted by atomic mass is 32.1. The van der Waals surface area contributed by atoms with Gasteiger partial charge in [0.05, 0.1) is 15.6 Å². The number of nitrogens with zero attached hydrogens (tertiary/aromatic N) is 1. The number of thiophene rings is 1. The number of benzene rings is 1. The van der Waals surface area contributed by atoms with Crippen LogP contribution in [0.1, 0.15) is 34.1 Å². The monoisotopic (exact) mass is 317 g/mol. The van der Waals surface area contributed by atoms with E-state index in [0.29, 0.717) is 5.92 Å². The van der Waals surface area contributed by atoms with E-state index in [4.69, 9.17) is 0 Å². The van der Waals surface area contributed by atoms with Gasteiger partial charge in [-0.25, -0.2) is 8.78 Å². The Morgan fingerprint density at radius 2 is 1.95 bits per heavy atom. The Labute approximate surface area is 130 Å². The highest BCUT2D eigenvalue weighted by molar-refractivity contribution is 7.78. The number of aliphatic imine (C=N–C) groups is 1. The summed E-state index contributed by atoms with van der Waals surface area (Å²) in [4.78, 5) is 5.64. The number of hydrogen-bond donors (Lipinski definition) is 0. The lowest BCUT2D eigenvalue weighted by atomic mass is 10.2. The molecular formula is C16H9F2NS2. The molecule has 1 saturated carbocycles. The minimum absolute atomic E-state index is 0.0113. The van der Waals surface area contributed by atoms with Gasteiger partial charge in [0.1, 0.15) is 11.5 Å². The Morgan fingerprint density at radius 3 is 2.67 bits per heavy atom. The molecule has 0 N–H and O–H groups in total. The van der Waals surface area contributed by atoms with Crippen molar-refractivity contribution in [1.29, 1.82) is 0 Å². The van der Waals surface area contributed by atoms with E-state index in [2.05, 4.69) is 35.1 Å². The molecule has 0 bridgehead atoms. The molecule has 0 saturated heterocycles. The summed E-state index contributed by atoms with van der Waals surface area (Å²) in [7, 11) is 0. The molecule has 0 amide bonds. The normalized spacial score (nSPS) is 13.2. The fourth-order valence-electron chi connectivity index (χ4n) is 1.90.